The topological polar surface area (TPSA) is 141 Å². The minimum atomic E-state index is -5.06. The molecular formula is C4H13NO6P2. The number of aliphatic hydroxyl groups is 1. The maximum absolute atomic E-state index is 11.0. The van der Waals surface area contributed by atoms with Crippen molar-refractivity contribution in [2.45, 2.75) is 11.5 Å². The van der Waals surface area contributed by atoms with Crippen LogP contribution in [-0.2, 0) is 9.13 Å². The Bertz CT molecular complexity index is 244. The van der Waals surface area contributed by atoms with Gasteiger partial charge in [-0.1, -0.05) is 0 Å². The van der Waals surface area contributed by atoms with Crippen molar-refractivity contribution in [1.29, 1.82) is 0 Å². The van der Waals surface area contributed by atoms with Crippen LogP contribution in [0.15, 0.2) is 0 Å². The maximum atomic E-state index is 11.0. The molecule has 0 aliphatic heterocycles. The Morgan fingerprint density at radius 1 is 1.31 bits per heavy atom. The van der Waals surface area contributed by atoms with Gasteiger partial charge in [0.25, 0.3) is 0 Å². The summed E-state index contributed by atoms with van der Waals surface area (Å²) in [5, 5.41) is 6.41. The second kappa shape index (κ2) is 3.79. The highest BCUT2D eigenvalue weighted by Crippen LogP contribution is 2.68. The van der Waals surface area contributed by atoms with E-state index in [0.29, 0.717) is 6.66 Å². The third-order valence-corrected chi connectivity index (χ3v) is 6.21. The van der Waals surface area contributed by atoms with Crippen molar-refractivity contribution in [2.75, 3.05) is 13.2 Å². The van der Waals surface area contributed by atoms with Gasteiger partial charge in [-0.2, -0.15) is 0 Å². The predicted octanol–water partition coefficient (Wildman–Crippen LogP) is -0.941. The highest BCUT2D eigenvalue weighted by molar-refractivity contribution is 7.74. The summed E-state index contributed by atoms with van der Waals surface area (Å²) in [6.45, 7) is 0.391. The third-order valence-electron chi connectivity index (χ3n) is 1.61. The molecule has 0 saturated heterocycles. The average Bonchev–Trinajstić information content (AvgIpc) is 1.82. The average molecular weight is 233 g/mol. The monoisotopic (exact) mass is 233 g/mol. The van der Waals surface area contributed by atoms with Crippen molar-refractivity contribution < 1.29 is 28.9 Å². The molecule has 2 atom stereocenters. The first-order chi connectivity index (χ1) is 5.56. The molecule has 0 fully saturated rings. The summed E-state index contributed by atoms with van der Waals surface area (Å²) in [6, 6.07) is 0. The van der Waals surface area contributed by atoms with Crippen molar-refractivity contribution in [1.82, 2.24) is 0 Å². The summed E-state index contributed by atoms with van der Waals surface area (Å²) < 4.78 is 21.8. The molecule has 0 rings (SSSR count). The van der Waals surface area contributed by atoms with Gasteiger partial charge in [0.2, 0.25) is 12.5 Å². The van der Waals surface area contributed by atoms with Gasteiger partial charge in [0.15, 0.2) is 0 Å². The Hall–Kier alpha value is 0.260. The molecule has 6 N–H and O–H groups in total. The second-order valence-corrected chi connectivity index (χ2v) is 7.41. The van der Waals surface area contributed by atoms with Crippen LogP contribution in [0, 0.1) is 0 Å². The normalized spacial score (nSPS) is 22.0. The van der Waals surface area contributed by atoms with Crippen molar-refractivity contribution in [3.63, 3.8) is 0 Å². The molecule has 0 amide bonds. The largest absolute Gasteiger partial charge is 0.369 e. The molecule has 0 saturated carbocycles. The van der Waals surface area contributed by atoms with E-state index in [1.54, 1.807) is 0 Å². The van der Waals surface area contributed by atoms with E-state index in [1.165, 1.54) is 0 Å². The molecule has 0 bridgehead atoms. The van der Waals surface area contributed by atoms with Gasteiger partial charge in [-0.25, -0.2) is 0 Å². The minimum absolute atomic E-state index is 0.292. The van der Waals surface area contributed by atoms with Gasteiger partial charge in [0.1, 0.15) is 0 Å². The van der Waals surface area contributed by atoms with Crippen molar-refractivity contribution >= 4 is 15.0 Å². The Labute approximate surface area is 75.2 Å². The van der Waals surface area contributed by atoms with E-state index in [2.05, 4.69) is 0 Å². The molecular weight excluding hydrogens is 220 g/mol. The lowest BCUT2D eigenvalue weighted by Gasteiger charge is -2.30. The third kappa shape index (κ3) is 2.60. The molecule has 0 aromatic rings. The lowest BCUT2D eigenvalue weighted by Crippen LogP contribution is -2.31. The van der Waals surface area contributed by atoms with Crippen LogP contribution in [0.2, 0.25) is 0 Å². The molecule has 2 unspecified atom stereocenters. The lowest BCUT2D eigenvalue weighted by atomic mass is 10.4. The fourth-order valence-corrected chi connectivity index (χ4v) is 3.69. The molecule has 80 valence electrons. The molecule has 13 heavy (non-hydrogen) atoms. The maximum Gasteiger partial charge on any atom is 0.366 e. The summed E-state index contributed by atoms with van der Waals surface area (Å²) in [7, 11) is -9.38. The fourth-order valence-electron chi connectivity index (χ4n) is 0.788. The first-order valence-electron chi connectivity index (χ1n) is 3.34. The van der Waals surface area contributed by atoms with Crippen LogP contribution in [-0.4, -0.2) is 38.1 Å². The summed E-state index contributed by atoms with van der Waals surface area (Å²) in [4.78, 5) is 26.3. The molecule has 0 spiro atoms. The van der Waals surface area contributed by atoms with Gasteiger partial charge in [-0.3, -0.25) is 9.13 Å². The summed E-state index contributed by atoms with van der Waals surface area (Å²) in [5.74, 6) is 0. The van der Waals surface area contributed by atoms with Crippen LogP contribution in [0.4, 0.5) is 0 Å². The standard InChI is InChI=1S/C4H13NO6P2/c1-12(7,8)4(6,2-3-5)13(9,10)11/h6H,2-3,5H2,1H3,(H,7,8)(H2,9,10,11). The van der Waals surface area contributed by atoms with Crippen LogP contribution < -0.4 is 5.73 Å². The van der Waals surface area contributed by atoms with Gasteiger partial charge in [-0.05, 0) is 6.54 Å². The van der Waals surface area contributed by atoms with E-state index in [-0.39, 0.29) is 6.54 Å². The van der Waals surface area contributed by atoms with Gasteiger partial charge in [-0.15, -0.1) is 0 Å². The van der Waals surface area contributed by atoms with Crippen LogP contribution >= 0.6 is 15.0 Å². The second-order valence-electron chi connectivity index (χ2n) is 2.74. The van der Waals surface area contributed by atoms with Gasteiger partial charge in [0, 0.05) is 13.1 Å². The van der Waals surface area contributed by atoms with Crippen molar-refractivity contribution in [3.8, 4) is 0 Å². The predicted molar refractivity (Wildman–Crippen MR) is 46.4 cm³/mol. The van der Waals surface area contributed by atoms with Crippen molar-refractivity contribution in [3.05, 3.63) is 0 Å². The molecule has 0 radical (unpaired) electrons. The number of hydrogen-bond donors (Lipinski definition) is 5. The molecule has 0 heterocycles. The van der Waals surface area contributed by atoms with E-state index in [9.17, 15) is 14.2 Å². The highest BCUT2D eigenvalue weighted by Gasteiger charge is 2.55. The smallest absolute Gasteiger partial charge is 0.366 e. The zero-order chi connectivity index (χ0) is 10.9. The Kier molecular flexibility index (Phi) is 3.86. The van der Waals surface area contributed by atoms with E-state index >= 15 is 0 Å². The number of rotatable bonds is 4. The first kappa shape index (κ1) is 13.3. The van der Waals surface area contributed by atoms with Crippen LogP contribution in [0.1, 0.15) is 6.42 Å². The van der Waals surface area contributed by atoms with Gasteiger partial charge in [0.05, 0.1) is 0 Å². The molecule has 0 aliphatic carbocycles. The quantitative estimate of drug-likeness (QED) is 0.394. The van der Waals surface area contributed by atoms with E-state index in [1.807, 2.05) is 0 Å². The summed E-state index contributed by atoms with van der Waals surface area (Å²) >= 11 is 0. The molecule has 9 heteroatoms. The fraction of sp³-hybridized carbons (Fsp3) is 1.00. The van der Waals surface area contributed by atoms with Crippen LogP contribution in [0.5, 0.6) is 0 Å². The Morgan fingerprint density at radius 2 is 1.69 bits per heavy atom. The number of hydrogen-bond acceptors (Lipinski definition) is 4. The minimum Gasteiger partial charge on any atom is -0.369 e. The summed E-state index contributed by atoms with van der Waals surface area (Å²) in [5.41, 5.74) is 4.97. The van der Waals surface area contributed by atoms with Crippen LogP contribution in [0.3, 0.4) is 0 Å². The molecule has 7 nitrogen and oxygen atoms in total. The van der Waals surface area contributed by atoms with E-state index < -0.39 is 26.5 Å². The SMILES string of the molecule is CP(=O)(O)C(O)(CCN)P(=O)(O)O. The van der Waals surface area contributed by atoms with Gasteiger partial charge >= 0.3 is 7.60 Å². The van der Waals surface area contributed by atoms with E-state index in [0.717, 1.165) is 0 Å². The first-order valence-corrected chi connectivity index (χ1v) is 7.06. The van der Waals surface area contributed by atoms with E-state index in [4.69, 9.17) is 20.4 Å². The molecule has 0 aromatic heterocycles. The Balaban J connectivity index is 5.22. The lowest BCUT2D eigenvalue weighted by molar-refractivity contribution is 0.143. The van der Waals surface area contributed by atoms with Crippen LogP contribution in [0.25, 0.3) is 0 Å². The summed E-state index contributed by atoms with van der Waals surface area (Å²) in [6.07, 6.45) is -0.623. The Morgan fingerprint density at radius 3 is 1.77 bits per heavy atom. The zero-order valence-electron chi connectivity index (χ0n) is 6.99. The molecule has 0 aromatic carbocycles. The van der Waals surface area contributed by atoms with Crippen molar-refractivity contribution in [2.24, 2.45) is 5.73 Å². The zero-order valence-corrected chi connectivity index (χ0v) is 8.78. The number of nitrogens with two attached hydrogens (primary N) is 1. The highest BCUT2D eigenvalue weighted by atomic mass is 31.2. The van der Waals surface area contributed by atoms with Gasteiger partial charge < -0.3 is 25.5 Å². The molecule has 0 aliphatic rings.